The lowest BCUT2D eigenvalue weighted by Crippen LogP contribution is -2.40. The number of rotatable bonds is 2. The van der Waals surface area contributed by atoms with Gasteiger partial charge in [-0.1, -0.05) is 60.2 Å². The van der Waals surface area contributed by atoms with Crippen molar-refractivity contribution in [2.45, 2.75) is 18.9 Å². The van der Waals surface area contributed by atoms with Gasteiger partial charge in [-0.05, 0) is 36.2 Å². The minimum absolute atomic E-state index is 0.0608. The molecule has 1 saturated heterocycles. The molecular weight excluding hydrogens is 360 g/mol. The van der Waals surface area contributed by atoms with Gasteiger partial charge in [0.25, 0.3) is 0 Å². The zero-order valence-corrected chi connectivity index (χ0v) is 16.0. The molecule has 3 aliphatic heterocycles. The van der Waals surface area contributed by atoms with Crippen molar-refractivity contribution in [2.24, 2.45) is 11.8 Å². The highest BCUT2D eigenvalue weighted by Gasteiger charge is 2.59. The average Bonchev–Trinajstić information content (AvgIpc) is 3.32. The number of anilines is 1. The molecule has 4 heteroatoms. The summed E-state index contributed by atoms with van der Waals surface area (Å²) in [6.07, 6.45) is 6.37. The molecule has 0 saturated carbocycles. The molecule has 7 rings (SSSR count). The van der Waals surface area contributed by atoms with Crippen LogP contribution >= 0.6 is 0 Å². The Morgan fingerprint density at radius 2 is 1.52 bits per heavy atom. The van der Waals surface area contributed by atoms with Gasteiger partial charge in [0.2, 0.25) is 11.8 Å². The molecule has 0 unspecified atom stereocenters. The molecule has 3 aromatic rings. The van der Waals surface area contributed by atoms with E-state index in [9.17, 15) is 9.59 Å². The van der Waals surface area contributed by atoms with E-state index in [2.05, 4.69) is 41.1 Å². The van der Waals surface area contributed by atoms with Crippen LogP contribution in [0.4, 0.5) is 5.69 Å². The summed E-state index contributed by atoms with van der Waals surface area (Å²) in [4.78, 5) is 28.2. The van der Waals surface area contributed by atoms with Crippen molar-refractivity contribution < 1.29 is 9.59 Å². The third-order valence-corrected chi connectivity index (χ3v) is 6.61. The summed E-state index contributed by atoms with van der Waals surface area (Å²) in [6.45, 7) is 2.00. The second-order valence-corrected chi connectivity index (χ2v) is 8.23. The van der Waals surface area contributed by atoms with Crippen LogP contribution in [0.25, 0.3) is 11.1 Å². The summed E-state index contributed by atoms with van der Waals surface area (Å²) in [6, 6.07) is 19.9. The Kier molecular flexibility index (Phi) is 3.31. The first-order valence-electron chi connectivity index (χ1n) is 10.0. The number of nitrogens with zero attached hydrogens (tertiary/aromatic N) is 2. The Balaban J connectivity index is 1.42. The van der Waals surface area contributed by atoms with Crippen molar-refractivity contribution in [3.05, 3.63) is 90.3 Å². The summed E-state index contributed by atoms with van der Waals surface area (Å²) in [7, 11) is 0. The van der Waals surface area contributed by atoms with Gasteiger partial charge in [-0.15, -0.1) is 0 Å². The molecule has 2 bridgehead atoms. The van der Waals surface area contributed by atoms with Gasteiger partial charge in [0, 0.05) is 17.8 Å². The second-order valence-electron chi connectivity index (χ2n) is 8.23. The van der Waals surface area contributed by atoms with Crippen molar-refractivity contribution in [1.82, 2.24) is 4.57 Å². The largest absolute Gasteiger partial charge is 0.343 e. The predicted molar refractivity (Wildman–Crippen MR) is 111 cm³/mol. The zero-order valence-electron chi connectivity index (χ0n) is 16.0. The molecular formula is C25H20N2O2. The molecule has 29 heavy (non-hydrogen) atoms. The van der Waals surface area contributed by atoms with E-state index in [1.165, 1.54) is 4.90 Å². The van der Waals surface area contributed by atoms with Gasteiger partial charge >= 0.3 is 0 Å². The van der Waals surface area contributed by atoms with E-state index in [0.29, 0.717) is 5.69 Å². The van der Waals surface area contributed by atoms with Gasteiger partial charge < -0.3 is 4.57 Å². The first-order chi connectivity index (χ1) is 14.1. The maximum Gasteiger partial charge on any atom is 0.240 e. The molecule has 0 radical (unpaired) electrons. The quantitative estimate of drug-likeness (QED) is 0.486. The molecule has 0 N–H and O–H groups in total. The molecule has 4 heterocycles. The van der Waals surface area contributed by atoms with Crippen LogP contribution in [0.2, 0.25) is 0 Å². The van der Waals surface area contributed by atoms with E-state index in [4.69, 9.17) is 0 Å². The summed E-state index contributed by atoms with van der Waals surface area (Å²) >= 11 is 0. The molecule has 142 valence electrons. The van der Waals surface area contributed by atoms with Gasteiger partial charge in [-0.25, -0.2) is 4.90 Å². The number of carbonyl (C=O) groups is 2. The monoisotopic (exact) mass is 380 g/mol. The van der Waals surface area contributed by atoms with Crippen LogP contribution in [-0.2, 0) is 9.59 Å². The number of aromatic nitrogens is 1. The summed E-state index contributed by atoms with van der Waals surface area (Å²) < 4.78 is 2.21. The maximum atomic E-state index is 13.4. The fourth-order valence-electron chi connectivity index (χ4n) is 5.23. The van der Waals surface area contributed by atoms with Gasteiger partial charge in [0.15, 0.2) is 0 Å². The lowest BCUT2D eigenvalue weighted by molar-refractivity contribution is -0.122. The van der Waals surface area contributed by atoms with Crippen molar-refractivity contribution in [1.29, 1.82) is 0 Å². The van der Waals surface area contributed by atoms with Crippen LogP contribution in [0.1, 0.15) is 23.2 Å². The summed E-state index contributed by atoms with van der Waals surface area (Å²) in [5.74, 6) is -0.859. The van der Waals surface area contributed by atoms with E-state index in [0.717, 1.165) is 22.4 Å². The maximum absolute atomic E-state index is 13.4. The standard InChI is InChI=1S/C25H20N2O2/c1-15-7-9-18(10-8-15)27-24(28)22-19-11-12-20(23(22)25(27)29)26-14-17(13-21(19)26)16-5-3-2-4-6-16/h2-14,19-20,22-23H,1H3/t19-,20-,22-,23+/m0/s1. The molecule has 0 spiro atoms. The Morgan fingerprint density at radius 1 is 0.793 bits per heavy atom. The topological polar surface area (TPSA) is 42.3 Å². The third kappa shape index (κ3) is 2.20. The first kappa shape index (κ1) is 16.5. The molecule has 4 aliphatic rings. The van der Waals surface area contributed by atoms with Gasteiger partial charge in [0.1, 0.15) is 0 Å². The van der Waals surface area contributed by atoms with Crippen LogP contribution in [-0.4, -0.2) is 16.4 Å². The summed E-state index contributed by atoms with van der Waals surface area (Å²) in [5, 5.41) is 0. The number of hydrogen-bond acceptors (Lipinski definition) is 2. The van der Waals surface area contributed by atoms with Crippen molar-refractivity contribution in [3.63, 3.8) is 0 Å². The first-order valence-corrected chi connectivity index (χ1v) is 10.0. The van der Waals surface area contributed by atoms with E-state index in [1.807, 2.05) is 49.4 Å². The molecule has 1 fully saturated rings. The molecule has 4 nitrogen and oxygen atoms in total. The predicted octanol–water partition coefficient (Wildman–Crippen LogP) is 4.48. The minimum Gasteiger partial charge on any atom is -0.343 e. The van der Waals surface area contributed by atoms with E-state index < -0.39 is 0 Å². The Hall–Kier alpha value is -3.40. The molecule has 1 aromatic heterocycles. The number of aryl methyl sites for hydroxylation is 1. The molecule has 2 aromatic carbocycles. The number of hydrogen-bond donors (Lipinski definition) is 0. The number of allylic oxidation sites excluding steroid dienone is 2. The number of amides is 2. The van der Waals surface area contributed by atoms with Crippen molar-refractivity contribution in [2.75, 3.05) is 4.90 Å². The smallest absolute Gasteiger partial charge is 0.240 e. The van der Waals surface area contributed by atoms with Crippen molar-refractivity contribution in [3.8, 4) is 11.1 Å². The normalized spacial score (nSPS) is 26.7. The number of benzene rings is 2. The third-order valence-electron chi connectivity index (χ3n) is 6.61. The Morgan fingerprint density at radius 3 is 2.28 bits per heavy atom. The van der Waals surface area contributed by atoms with Crippen LogP contribution in [0.15, 0.2) is 79.0 Å². The Labute approximate surface area is 169 Å². The number of imide groups is 1. The average molecular weight is 380 g/mol. The van der Waals surface area contributed by atoms with Gasteiger partial charge in [-0.3, -0.25) is 9.59 Å². The van der Waals surface area contributed by atoms with Crippen LogP contribution < -0.4 is 4.90 Å². The van der Waals surface area contributed by atoms with Crippen LogP contribution in [0.5, 0.6) is 0 Å². The lowest BCUT2D eigenvalue weighted by atomic mass is 9.70. The van der Waals surface area contributed by atoms with E-state index in [1.54, 1.807) is 0 Å². The molecule has 1 aliphatic carbocycles. The molecule has 4 atom stereocenters. The fourth-order valence-corrected chi connectivity index (χ4v) is 5.23. The van der Waals surface area contributed by atoms with Gasteiger partial charge in [0.05, 0.1) is 23.6 Å². The van der Waals surface area contributed by atoms with E-state index >= 15 is 0 Å². The zero-order chi connectivity index (χ0) is 19.7. The highest BCUT2D eigenvalue weighted by molar-refractivity contribution is 6.23. The van der Waals surface area contributed by atoms with Crippen LogP contribution in [0.3, 0.4) is 0 Å². The lowest BCUT2D eigenvalue weighted by Gasteiger charge is -2.40. The highest BCUT2D eigenvalue weighted by atomic mass is 16.2. The SMILES string of the molecule is Cc1ccc(N2C(=O)[C@@H]3[C@H](C2=O)[C@@H]2C=C[C@H]3c3cc(-c4ccccc4)cn32)cc1. The highest BCUT2D eigenvalue weighted by Crippen LogP contribution is 2.54. The van der Waals surface area contributed by atoms with E-state index in [-0.39, 0.29) is 35.6 Å². The molecule has 2 amide bonds. The van der Waals surface area contributed by atoms with Crippen molar-refractivity contribution >= 4 is 17.5 Å². The second kappa shape index (κ2) is 5.80. The number of carbonyl (C=O) groups excluding carboxylic acids is 2. The van der Waals surface area contributed by atoms with Gasteiger partial charge in [-0.2, -0.15) is 0 Å². The van der Waals surface area contributed by atoms with Crippen LogP contribution in [0, 0.1) is 18.8 Å². The fraction of sp³-hybridized carbons (Fsp3) is 0.200. The summed E-state index contributed by atoms with van der Waals surface area (Å²) in [5.41, 5.74) is 5.20. The minimum atomic E-state index is -0.331. The Bertz CT molecular complexity index is 1120.